The minimum absolute atomic E-state index is 0.172. The smallest absolute Gasteiger partial charge is 0.328 e. The first kappa shape index (κ1) is 22.1. The lowest BCUT2D eigenvalue weighted by molar-refractivity contribution is 0.203. The molecular formula is C24H33N7O2. The molecule has 0 bridgehead atoms. The zero-order chi connectivity index (χ0) is 22.9. The van der Waals surface area contributed by atoms with Crippen LogP contribution in [0.1, 0.15) is 25.3 Å². The zero-order valence-electron chi connectivity index (χ0n) is 19.1. The fraction of sp³-hybridized carbons (Fsp3) is 0.542. The van der Waals surface area contributed by atoms with Gasteiger partial charge in [0, 0.05) is 44.5 Å². The van der Waals surface area contributed by atoms with E-state index >= 15 is 0 Å². The molecule has 0 aliphatic carbocycles. The third-order valence-electron chi connectivity index (χ3n) is 7.49. The molecular weight excluding hydrogens is 418 g/mol. The molecule has 1 aromatic heterocycles. The van der Waals surface area contributed by atoms with Crippen molar-refractivity contribution in [3.05, 3.63) is 52.6 Å². The second kappa shape index (κ2) is 9.24. The van der Waals surface area contributed by atoms with Gasteiger partial charge in [-0.05, 0) is 68.5 Å². The Morgan fingerprint density at radius 1 is 1.18 bits per heavy atom. The first-order valence-electron chi connectivity index (χ1n) is 11.9. The number of carbonyl (C=O) groups is 1. The maximum Gasteiger partial charge on any atom is 0.354 e. The highest BCUT2D eigenvalue weighted by molar-refractivity contribution is 5.88. The van der Waals surface area contributed by atoms with E-state index in [1.165, 1.54) is 10.1 Å². The number of amides is 2. The number of nitrogens with two attached hydrogens (primary N) is 1. The number of nitrogens with zero attached hydrogens (tertiary/aromatic N) is 4. The van der Waals surface area contributed by atoms with E-state index in [9.17, 15) is 9.59 Å². The molecule has 0 spiro atoms. The van der Waals surface area contributed by atoms with Gasteiger partial charge in [-0.15, -0.1) is 0 Å². The molecule has 0 radical (unpaired) electrons. The van der Waals surface area contributed by atoms with Crippen LogP contribution in [0.4, 0.5) is 10.6 Å². The summed E-state index contributed by atoms with van der Waals surface area (Å²) in [6.45, 7) is 7.66. The molecule has 3 fully saturated rings. The van der Waals surface area contributed by atoms with Crippen LogP contribution >= 0.6 is 0 Å². The summed E-state index contributed by atoms with van der Waals surface area (Å²) in [6, 6.07) is 9.95. The van der Waals surface area contributed by atoms with Gasteiger partial charge < -0.3 is 16.0 Å². The van der Waals surface area contributed by atoms with Crippen molar-refractivity contribution in [3.63, 3.8) is 0 Å². The average molecular weight is 452 g/mol. The molecule has 4 heterocycles. The topological polar surface area (TPSA) is 109 Å². The van der Waals surface area contributed by atoms with Crippen molar-refractivity contribution < 1.29 is 4.79 Å². The maximum absolute atomic E-state index is 12.8. The van der Waals surface area contributed by atoms with E-state index in [2.05, 4.69) is 27.4 Å². The minimum atomic E-state index is -0.416. The Morgan fingerprint density at radius 3 is 2.64 bits per heavy atom. The molecule has 0 saturated carbocycles. The van der Waals surface area contributed by atoms with Crippen LogP contribution in [0.25, 0.3) is 5.69 Å². The SMILES string of the molecule is CC1C2CNC[C@@H]2CN1C(=O)Nc1ccn(-c2ccc(CN3CCC(N)CC3)cc2)c(=O)n1. The van der Waals surface area contributed by atoms with E-state index in [1.54, 1.807) is 12.3 Å². The number of nitrogens with one attached hydrogen (secondary N) is 2. The van der Waals surface area contributed by atoms with Crippen LogP contribution in [-0.4, -0.2) is 70.2 Å². The summed E-state index contributed by atoms with van der Waals surface area (Å²) in [6.07, 6.45) is 3.74. The van der Waals surface area contributed by atoms with Crippen molar-refractivity contribution in [2.75, 3.05) is 38.0 Å². The van der Waals surface area contributed by atoms with Gasteiger partial charge in [0.2, 0.25) is 0 Å². The maximum atomic E-state index is 12.8. The summed E-state index contributed by atoms with van der Waals surface area (Å²) in [5.74, 6) is 1.28. The second-order valence-corrected chi connectivity index (χ2v) is 9.65. The van der Waals surface area contributed by atoms with Crippen LogP contribution in [0.5, 0.6) is 0 Å². The molecule has 5 rings (SSSR count). The molecule has 2 amide bonds. The number of piperidine rings is 1. The Balaban J connectivity index is 1.22. The highest BCUT2D eigenvalue weighted by Crippen LogP contribution is 2.32. The van der Waals surface area contributed by atoms with Gasteiger partial charge in [0.05, 0.1) is 5.69 Å². The van der Waals surface area contributed by atoms with Gasteiger partial charge >= 0.3 is 11.7 Å². The van der Waals surface area contributed by atoms with Crippen LogP contribution in [0.3, 0.4) is 0 Å². The number of anilines is 1. The number of benzene rings is 1. The molecule has 33 heavy (non-hydrogen) atoms. The molecule has 3 atom stereocenters. The number of carbonyl (C=O) groups excluding carboxylic acids is 1. The van der Waals surface area contributed by atoms with Gasteiger partial charge in [0.1, 0.15) is 5.82 Å². The quantitative estimate of drug-likeness (QED) is 0.645. The fourth-order valence-electron chi connectivity index (χ4n) is 5.42. The number of fused-ring (bicyclic) bond motifs is 1. The van der Waals surface area contributed by atoms with Crippen LogP contribution in [0.2, 0.25) is 0 Å². The van der Waals surface area contributed by atoms with Gasteiger partial charge in [0.15, 0.2) is 0 Å². The van der Waals surface area contributed by atoms with E-state index in [0.717, 1.165) is 57.8 Å². The summed E-state index contributed by atoms with van der Waals surface area (Å²) in [5.41, 5.74) is 7.53. The number of aromatic nitrogens is 2. The van der Waals surface area contributed by atoms with Crippen molar-refractivity contribution in [2.24, 2.45) is 17.6 Å². The van der Waals surface area contributed by atoms with Crippen LogP contribution in [0, 0.1) is 11.8 Å². The summed E-state index contributed by atoms with van der Waals surface area (Å²) in [4.78, 5) is 33.8. The number of hydrogen-bond acceptors (Lipinski definition) is 6. The Morgan fingerprint density at radius 2 is 1.94 bits per heavy atom. The Labute approximate surface area is 194 Å². The number of likely N-dealkylation sites (tertiary alicyclic amines) is 2. The highest BCUT2D eigenvalue weighted by Gasteiger charge is 2.43. The molecule has 9 nitrogen and oxygen atoms in total. The first-order valence-corrected chi connectivity index (χ1v) is 11.9. The lowest BCUT2D eigenvalue weighted by atomic mass is 9.95. The van der Waals surface area contributed by atoms with Crippen LogP contribution < -0.4 is 22.1 Å². The summed E-state index contributed by atoms with van der Waals surface area (Å²) in [7, 11) is 0. The van der Waals surface area contributed by atoms with Crippen LogP contribution in [-0.2, 0) is 6.54 Å². The largest absolute Gasteiger partial charge is 0.354 e. The van der Waals surface area contributed by atoms with E-state index in [-0.39, 0.29) is 17.9 Å². The standard InChI is InChI=1S/C24H33N7O2/c1-16-21-13-26-12-18(21)15-31(16)24(33)28-22-8-11-30(23(32)27-22)20-4-2-17(3-5-20)14-29-9-6-19(25)7-10-29/h2-5,8,11,16,18-19,21,26H,6-7,9-10,12-15,25H2,1H3,(H,27,28,32,33)/t16?,18-,21?/m1/s1. The van der Waals surface area contributed by atoms with Crippen molar-refractivity contribution in [2.45, 2.75) is 38.4 Å². The predicted octanol–water partition coefficient (Wildman–Crippen LogP) is 1.23. The third kappa shape index (κ3) is 4.66. The third-order valence-corrected chi connectivity index (χ3v) is 7.49. The molecule has 1 aromatic carbocycles. The van der Waals surface area contributed by atoms with E-state index in [4.69, 9.17) is 5.73 Å². The van der Waals surface area contributed by atoms with Gasteiger partial charge in [-0.25, -0.2) is 9.59 Å². The first-order chi connectivity index (χ1) is 16.0. The molecule has 3 aliphatic rings. The van der Waals surface area contributed by atoms with E-state index in [0.29, 0.717) is 17.9 Å². The molecule has 3 aliphatic heterocycles. The Bertz CT molecular complexity index is 1050. The monoisotopic (exact) mass is 451 g/mol. The summed E-state index contributed by atoms with van der Waals surface area (Å²) in [5, 5.41) is 6.21. The minimum Gasteiger partial charge on any atom is -0.328 e. The second-order valence-electron chi connectivity index (χ2n) is 9.65. The lowest BCUT2D eigenvalue weighted by Crippen LogP contribution is -2.41. The molecule has 9 heteroatoms. The number of hydrogen-bond donors (Lipinski definition) is 3. The average Bonchev–Trinajstić information content (AvgIpc) is 3.39. The normalized spacial score (nSPS) is 25.9. The number of urea groups is 1. The molecule has 176 valence electrons. The number of rotatable bonds is 4. The molecule has 4 N–H and O–H groups in total. The van der Waals surface area contributed by atoms with Crippen molar-refractivity contribution in [3.8, 4) is 5.69 Å². The lowest BCUT2D eigenvalue weighted by Gasteiger charge is -2.30. The van der Waals surface area contributed by atoms with Gasteiger partial charge in [0.25, 0.3) is 0 Å². The zero-order valence-corrected chi connectivity index (χ0v) is 19.1. The van der Waals surface area contributed by atoms with Crippen molar-refractivity contribution in [1.29, 1.82) is 0 Å². The van der Waals surface area contributed by atoms with E-state index < -0.39 is 5.69 Å². The van der Waals surface area contributed by atoms with Crippen molar-refractivity contribution >= 4 is 11.8 Å². The van der Waals surface area contributed by atoms with Crippen molar-refractivity contribution in [1.82, 2.24) is 24.7 Å². The molecule has 3 saturated heterocycles. The summed E-state index contributed by atoms with van der Waals surface area (Å²) < 4.78 is 1.49. The Kier molecular flexibility index (Phi) is 6.18. The van der Waals surface area contributed by atoms with Gasteiger partial charge in [-0.3, -0.25) is 14.8 Å². The predicted molar refractivity (Wildman–Crippen MR) is 127 cm³/mol. The van der Waals surface area contributed by atoms with Gasteiger partial charge in [-0.1, -0.05) is 12.1 Å². The highest BCUT2D eigenvalue weighted by atomic mass is 16.2. The fourth-order valence-corrected chi connectivity index (χ4v) is 5.42. The van der Waals surface area contributed by atoms with Gasteiger partial charge in [-0.2, -0.15) is 4.98 Å². The Hall–Kier alpha value is -2.75. The molecule has 2 unspecified atom stereocenters. The molecule has 2 aromatic rings. The van der Waals surface area contributed by atoms with E-state index in [1.807, 2.05) is 29.2 Å². The summed E-state index contributed by atoms with van der Waals surface area (Å²) >= 11 is 0. The van der Waals surface area contributed by atoms with Crippen LogP contribution in [0.15, 0.2) is 41.3 Å².